The van der Waals surface area contributed by atoms with Gasteiger partial charge in [0, 0.05) is 12.5 Å². The number of carbonyl (C=O) groups excluding carboxylic acids is 1. The minimum absolute atomic E-state index is 0.0797. The maximum atomic E-state index is 11.0. The van der Waals surface area contributed by atoms with Gasteiger partial charge in [0.1, 0.15) is 6.10 Å². The molecule has 1 aliphatic heterocycles. The lowest BCUT2D eigenvalue weighted by molar-refractivity contribution is -0.111. The van der Waals surface area contributed by atoms with Crippen LogP contribution in [0.4, 0.5) is 5.69 Å². The van der Waals surface area contributed by atoms with Crippen molar-refractivity contribution in [2.75, 3.05) is 18.5 Å². The second kappa shape index (κ2) is 5.45. The van der Waals surface area contributed by atoms with E-state index in [9.17, 15) is 4.79 Å². The number of amides is 1. The number of nitrogens with one attached hydrogen (secondary N) is 1. The monoisotopic (exact) mass is 234 g/mol. The quantitative estimate of drug-likeness (QED) is 0.799. The van der Waals surface area contributed by atoms with E-state index in [1.165, 1.54) is 6.08 Å². The molecule has 2 heterocycles. The van der Waals surface area contributed by atoms with Crippen LogP contribution >= 0.6 is 0 Å². The Morgan fingerprint density at radius 2 is 2.53 bits per heavy atom. The molecule has 0 aromatic carbocycles. The predicted octanol–water partition coefficient (Wildman–Crippen LogP) is 1.37. The average molecular weight is 234 g/mol. The summed E-state index contributed by atoms with van der Waals surface area (Å²) in [7, 11) is 0. The zero-order chi connectivity index (χ0) is 12.1. The third-order valence-electron chi connectivity index (χ3n) is 2.36. The summed E-state index contributed by atoms with van der Waals surface area (Å²) >= 11 is 0. The fourth-order valence-corrected chi connectivity index (χ4v) is 1.49. The van der Waals surface area contributed by atoms with Gasteiger partial charge in [0.05, 0.1) is 25.1 Å². The van der Waals surface area contributed by atoms with Crippen LogP contribution in [0.2, 0.25) is 0 Å². The van der Waals surface area contributed by atoms with Crippen LogP contribution in [0.1, 0.15) is 6.42 Å². The number of hydrogen-bond acceptors (Lipinski definition) is 4. The van der Waals surface area contributed by atoms with Gasteiger partial charge in [-0.3, -0.25) is 4.79 Å². The van der Waals surface area contributed by atoms with Crippen molar-refractivity contribution in [2.45, 2.75) is 12.5 Å². The summed E-state index contributed by atoms with van der Waals surface area (Å²) in [5.41, 5.74) is 0.616. The molecule has 1 amide bonds. The van der Waals surface area contributed by atoms with E-state index in [1.54, 1.807) is 18.3 Å². The summed E-state index contributed by atoms with van der Waals surface area (Å²) in [4.78, 5) is 15.1. The van der Waals surface area contributed by atoms with Gasteiger partial charge in [0.2, 0.25) is 11.8 Å². The van der Waals surface area contributed by atoms with Crippen LogP contribution in [0.5, 0.6) is 5.88 Å². The molecule has 1 fully saturated rings. The van der Waals surface area contributed by atoms with Gasteiger partial charge < -0.3 is 14.8 Å². The van der Waals surface area contributed by atoms with Crippen LogP contribution in [0.25, 0.3) is 0 Å². The molecule has 0 spiro atoms. The van der Waals surface area contributed by atoms with E-state index < -0.39 is 0 Å². The Hall–Kier alpha value is -1.88. The first kappa shape index (κ1) is 11.6. The molecule has 1 saturated heterocycles. The Labute approximate surface area is 99.4 Å². The number of nitrogens with zero attached hydrogens (tertiary/aromatic N) is 1. The molecule has 1 aliphatic rings. The Kier molecular flexibility index (Phi) is 3.72. The maximum absolute atomic E-state index is 11.0. The number of aromatic nitrogens is 1. The number of carbonyl (C=O) groups is 1. The SMILES string of the molecule is C=CC(=O)Nc1ccc(OC2CCOC2)nc1. The van der Waals surface area contributed by atoms with Gasteiger partial charge >= 0.3 is 0 Å². The van der Waals surface area contributed by atoms with E-state index in [-0.39, 0.29) is 12.0 Å². The molecule has 1 aromatic heterocycles. The molecule has 17 heavy (non-hydrogen) atoms. The van der Waals surface area contributed by atoms with Crippen LogP contribution in [-0.2, 0) is 9.53 Å². The number of hydrogen-bond donors (Lipinski definition) is 1. The lowest BCUT2D eigenvalue weighted by Gasteiger charge is -2.10. The highest BCUT2D eigenvalue weighted by molar-refractivity contribution is 5.98. The first-order valence-electron chi connectivity index (χ1n) is 5.42. The predicted molar refractivity (Wildman–Crippen MR) is 62.9 cm³/mol. The number of anilines is 1. The normalized spacial score (nSPS) is 18.7. The lowest BCUT2D eigenvalue weighted by atomic mass is 10.3. The summed E-state index contributed by atoms with van der Waals surface area (Å²) in [5.74, 6) is 0.279. The van der Waals surface area contributed by atoms with Crippen molar-refractivity contribution in [2.24, 2.45) is 0 Å². The highest BCUT2D eigenvalue weighted by Gasteiger charge is 2.17. The number of rotatable bonds is 4. The molecule has 2 rings (SSSR count). The number of ether oxygens (including phenoxy) is 2. The Bertz CT molecular complexity index is 397. The molecule has 0 bridgehead atoms. The summed E-state index contributed by atoms with van der Waals surface area (Å²) in [6, 6.07) is 3.45. The van der Waals surface area contributed by atoms with Crippen molar-refractivity contribution in [3.05, 3.63) is 31.0 Å². The molecule has 0 saturated carbocycles. The van der Waals surface area contributed by atoms with Crippen molar-refractivity contribution in [3.8, 4) is 5.88 Å². The summed E-state index contributed by atoms with van der Waals surface area (Å²) < 4.78 is 10.8. The minimum atomic E-state index is -0.260. The molecule has 0 aliphatic carbocycles. The molecule has 5 heteroatoms. The fourth-order valence-electron chi connectivity index (χ4n) is 1.49. The van der Waals surface area contributed by atoms with Crippen LogP contribution in [0.15, 0.2) is 31.0 Å². The second-order valence-electron chi connectivity index (χ2n) is 3.68. The third-order valence-corrected chi connectivity index (χ3v) is 2.36. The Morgan fingerprint density at radius 1 is 1.65 bits per heavy atom. The van der Waals surface area contributed by atoms with E-state index in [0.29, 0.717) is 18.2 Å². The molecule has 0 radical (unpaired) electrons. The molecule has 1 N–H and O–H groups in total. The topological polar surface area (TPSA) is 60.5 Å². The van der Waals surface area contributed by atoms with E-state index >= 15 is 0 Å². The van der Waals surface area contributed by atoms with E-state index in [1.807, 2.05) is 0 Å². The second-order valence-corrected chi connectivity index (χ2v) is 3.68. The summed E-state index contributed by atoms with van der Waals surface area (Å²) in [5, 5.41) is 2.61. The van der Waals surface area contributed by atoms with Crippen molar-refractivity contribution in [3.63, 3.8) is 0 Å². The lowest BCUT2D eigenvalue weighted by Crippen LogP contribution is -2.16. The molecule has 90 valence electrons. The van der Waals surface area contributed by atoms with Gasteiger partial charge in [-0.1, -0.05) is 6.58 Å². The van der Waals surface area contributed by atoms with Crippen molar-refractivity contribution in [1.82, 2.24) is 4.98 Å². The van der Waals surface area contributed by atoms with Gasteiger partial charge in [0.25, 0.3) is 0 Å². The van der Waals surface area contributed by atoms with Crippen LogP contribution in [-0.4, -0.2) is 30.2 Å². The smallest absolute Gasteiger partial charge is 0.247 e. The molecule has 1 atom stereocenters. The highest BCUT2D eigenvalue weighted by atomic mass is 16.5. The van der Waals surface area contributed by atoms with Crippen LogP contribution in [0.3, 0.4) is 0 Å². The summed E-state index contributed by atoms with van der Waals surface area (Å²) in [6.45, 7) is 4.71. The van der Waals surface area contributed by atoms with Crippen LogP contribution < -0.4 is 10.1 Å². The fraction of sp³-hybridized carbons (Fsp3) is 0.333. The van der Waals surface area contributed by atoms with Gasteiger partial charge in [-0.25, -0.2) is 4.98 Å². The molecular formula is C12H14N2O3. The zero-order valence-electron chi connectivity index (χ0n) is 9.39. The number of pyridine rings is 1. The standard InChI is InChI=1S/C12H14N2O3/c1-2-11(15)14-9-3-4-12(13-7-9)17-10-5-6-16-8-10/h2-4,7,10H,1,5-6,8H2,(H,14,15). The molecule has 1 unspecified atom stereocenters. The Balaban J connectivity index is 1.92. The minimum Gasteiger partial charge on any atom is -0.472 e. The molecule has 1 aromatic rings. The largest absolute Gasteiger partial charge is 0.472 e. The van der Waals surface area contributed by atoms with Crippen molar-refractivity contribution >= 4 is 11.6 Å². The van der Waals surface area contributed by atoms with Crippen LogP contribution in [0, 0.1) is 0 Å². The first-order chi connectivity index (χ1) is 8.28. The Morgan fingerprint density at radius 3 is 3.12 bits per heavy atom. The van der Waals surface area contributed by atoms with Crippen molar-refractivity contribution in [1.29, 1.82) is 0 Å². The van der Waals surface area contributed by atoms with Crippen molar-refractivity contribution < 1.29 is 14.3 Å². The van der Waals surface area contributed by atoms with Gasteiger partial charge in [-0.05, 0) is 12.1 Å². The molecule has 5 nitrogen and oxygen atoms in total. The zero-order valence-corrected chi connectivity index (χ0v) is 9.39. The summed E-state index contributed by atoms with van der Waals surface area (Å²) in [6.07, 6.45) is 3.72. The van der Waals surface area contributed by atoms with Gasteiger partial charge in [-0.2, -0.15) is 0 Å². The van der Waals surface area contributed by atoms with Gasteiger partial charge in [-0.15, -0.1) is 0 Å². The maximum Gasteiger partial charge on any atom is 0.247 e. The first-order valence-corrected chi connectivity index (χ1v) is 5.42. The van der Waals surface area contributed by atoms with E-state index in [2.05, 4.69) is 16.9 Å². The van der Waals surface area contributed by atoms with Gasteiger partial charge in [0.15, 0.2) is 0 Å². The van der Waals surface area contributed by atoms with E-state index in [0.717, 1.165) is 13.0 Å². The highest BCUT2D eigenvalue weighted by Crippen LogP contribution is 2.16. The third kappa shape index (κ3) is 3.29. The molecular weight excluding hydrogens is 220 g/mol. The van der Waals surface area contributed by atoms with E-state index in [4.69, 9.17) is 9.47 Å². The average Bonchev–Trinajstić information content (AvgIpc) is 2.84.